The second kappa shape index (κ2) is 10.4. The summed E-state index contributed by atoms with van der Waals surface area (Å²) in [7, 11) is 1.88. The molecule has 2 aromatic heterocycles. The van der Waals surface area contributed by atoms with Crippen LogP contribution in [0.1, 0.15) is 54.1 Å². The number of ketones is 1. The van der Waals surface area contributed by atoms with Gasteiger partial charge in [-0.25, -0.2) is 0 Å². The number of unbranched alkanes of at least 4 members (excludes halogenated alkanes) is 3. The molecule has 0 N–H and O–H groups in total. The van der Waals surface area contributed by atoms with E-state index in [0.717, 1.165) is 36.8 Å². The first-order valence-electron chi connectivity index (χ1n) is 11.8. The van der Waals surface area contributed by atoms with Crippen LogP contribution >= 0.6 is 0 Å². The average molecular weight is 455 g/mol. The van der Waals surface area contributed by atoms with Gasteiger partial charge in [0.15, 0.2) is 11.3 Å². The molecule has 0 aliphatic carbocycles. The Labute approximate surface area is 201 Å². The highest BCUT2D eigenvalue weighted by atomic mass is 16.2. The maximum absolute atomic E-state index is 14.3. The van der Waals surface area contributed by atoms with Crippen LogP contribution in [-0.4, -0.2) is 45.1 Å². The predicted molar refractivity (Wildman–Crippen MR) is 132 cm³/mol. The molecule has 1 aliphatic heterocycles. The molecule has 0 atom stereocenters. The van der Waals surface area contributed by atoms with Gasteiger partial charge in [0.05, 0.1) is 0 Å². The van der Waals surface area contributed by atoms with E-state index in [1.807, 2.05) is 54.4 Å². The zero-order chi connectivity index (χ0) is 24.0. The number of carbonyl (C=O) groups is 2. The molecule has 6 heteroatoms. The Morgan fingerprint density at radius 3 is 2.03 bits per heavy atom. The van der Waals surface area contributed by atoms with Crippen molar-refractivity contribution in [3.63, 3.8) is 0 Å². The number of nitrogens with zero attached hydrogens (tertiary/aromatic N) is 4. The lowest BCUT2D eigenvalue weighted by molar-refractivity contribution is -0.132. The zero-order valence-corrected chi connectivity index (χ0v) is 19.7. The maximum atomic E-state index is 14.3. The lowest BCUT2D eigenvalue weighted by Crippen LogP contribution is -2.45. The summed E-state index contributed by atoms with van der Waals surface area (Å²) in [6, 6.07) is 16.6. The molecule has 6 nitrogen and oxygen atoms in total. The summed E-state index contributed by atoms with van der Waals surface area (Å²) in [4.78, 5) is 39.6. The molecule has 0 bridgehead atoms. The minimum atomic E-state index is -1.11. The standard InChI is InChI=1S/C28H30N4O2/c1-3-4-5-9-20-32-26(21-25(33)22-10-7-6-8-11-22)31(2)28(27(32)34,23-12-16-29-17-13-23)24-14-18-30-19-15-24/h6-8,10-19,21H,3-5,9,20H2,1-2H3. The summed E-state index contributed by atoms with van der Waals surface area (Å²) in [5.41, 5.74) is 1.08. The number of carbonyl (C=O) groups excluding carboxylic acids is 2. The van der Waals surface area contributed by atoms with Gasteiger partial charge in [-0.2, -0.15) is 0 Å². The monoisotopic (exact) mass is 454 g/mol. The number of rotatable bonds is 9. The van der Waals surface area contributed by atoms with E-state index in [2.05, 4.69) is 16.9 Å². The molecule has 3 heterocycles. The van der Waals surface area contributed by atoms with E-state index in [0.29, 0.717) is 17.9 Å². The second-order valence-electron chi connectivity index (χ2n) is 8.49. The molecule has 0 spiro atoms. The number of amides is 1. The van der Waals surface area contributed by atoms with E-state index >= 15 is 0 Å². The molecule has 0 unspecified atom stereocenters. The molecular formula is C28H30N4O2. The topological polar surface area (TPSA) is 66.4 Å². The molecule has 4 rings (SSSR count). The Hall–Kier alpha value is -3.80. The Morgan fingerprint density at radius 2 is 1.47 bits per heavy atom. The Balaban J connectivity index is 1.85. The van der Waals surface area contributed by atoms with E-state index < -0.39 is 5.54 Å². The third kappa shape index (κ3) is 4.23. The van der Waals surface area contributed by atoms with E-state index in [9.17, 15) is 9.59 Å². The number of pyridine rings is 2. The summed E-state index contributed by atoms with van der Waals surface area (Å²) < 4.78 is 0. The number of allylic oxidation sites excluding steroid dienone is 1. The molecule has 1 aliphatic rings. The van der Waals surface area contributed by atoms with E-state index in [4.69, 9.17) is 0 Å². The zero-order valence-electron chi connectivity index (χ0n) is 19.7. The van der Waals surface area contributed by atoms with Crippen LogP contribution in [0, 0.1) is 0 Å². The van der Waals surface area contributed by atoms with Gasteiger partial charge in [0, 0.05) is 50.0 Å². The second-order valence-corrected chi connectivity index (χ2v) is 8.49. The first-order valence-corrected chi connectivity index (χ1v) is 11.8. The fourth-order valence-electron chi connectivity index (χ4n) is 4.67. The quantitative estimate of drug-likeness (QED) is 0.264. The van der Waals surface area contributed by atoms with Gasteiger partial charge in [0.1, 0.15) is 5.82 Å². The van der Waals surface area contributed by atoms with E-state index in [1.165, 1.54) is 0 Å². The molecule has 1 amide bonds. The summed E-state index contributed by atoms with van der Waals surface area (Å²) in [6.07, 6.45) is 12.5. The molecule has 1 saturated heterocycles. The van der Waals surface area contributed by atoms with Crippen molar-refractivity contribution in [3.05, 3.63) is 108 Å². The van der Waals surface area contributed by atoms with Gasteiger partial charge < -0.3 is 4.90 Å². The van der Waals surface area contributed by atoms with Gasteiger partial charge >= 0.3 is 0 Å². The van der Waals surface area contributed by atoms with Gasteiger partial charge in [-0.05, 0) is 41.8 Å². The largest absolute Gasteiger partial charge is 0.339 e. The van der Waals surface area contributed by atoms with Gasteiger partial charge in [-0.3, -0.25) is 24.5 Å². The Morgan fingerprint density at radius 1 is 0.882 bits per heavy atom. The molecule has 1 aromatic carbocycles. The SMILES string of the molecule is CCCCCCN1C(=O)C(c2ccncc2)(c2ccncc2)N(C)C1=CC(=O)c1ccccc1. The lowest BCUT2D eigenvalue weighted by atomic mass is 9.82. The summed E-state index contributed by atoms with van der Waals surface area (Å²) in [5, 5.41) is 0. The molecule has 174 valence electrons. The van der Waals surface area contributed by atoms with Crippen molar-refractivity contribution in [1.82, 2.24) is 19.8 Å². The third-order valence-corrected chi connectivity index (χ3v) is 6.43. The lowest BCUT2D eigenvalue weighted by Gasteiger charge is -2.35. The van der Waals surface area contributed by atoms with Crippen LogP contribution in [0.4, 0.5) is 0 Å². The van der Waals surface area contributed by atoms with Crippen LogP contribution in [0.3, 0.4) is 0 Å². The van der Waals surface area contributed by atoms with Crippen LogP contribution < -0.4 is 0 Å². The minimum Gasteiger partial charge on any atom is -0.339 e. The minimum absolute atomic E-state index is 0.0731. The highest BCUT2D eigenvalue weighted by Gasteiger charge is 2.55. The first-order chi connectivity index (χ1) is 16.6. The van der Waals surface area contributed by atoms with Crippen molar-refractivity contribution in [2.75, 3.05) is 13.6 Å². The fraction of sp³-hybridized carbons (Fsp3) is 0.286. The summed E-state index contributed by atoms with van der Waals surface area (Å²) >= 11 is 0. The molecular weight excluding hydrogens is 424 g/mol. The highest BCUT2D eigenvalue weighted by molar-refractivity contribution is 6.06. The molecule has 0 radical (unpaired) electrons. The smallest absolute Gasteiger partial charge is 0.263 e. The maximum Gasteiger partial charge on any atom is 0.263 e. The number of aromatic nitrogens is 2. The Bertz CT molecular complexity index is 1110. The molecule has 3 aromatic rings. The average Bonchev–Trinajstić information content (AvgIpc) is 3.09. The van der Waals surface area contributed by atoms with Crippen molar-refractivity contribution >= 4 is 11.7 Å². The van der Waals surface area contributed by atoms with Gasteiger partial charge in [0.2, 0.25) is 0 Å². The van der Waals surface area contributed by atoms with Crippen molar-refractivity contribution in [2.24, 2.45) is 0 Å². The van der Waals surface area contributed by atoms with Crippen LogP contribution in [0.25, 0.3) is 0 Å². The molecule has 1 fully saturated rings. The Kier molecular flexibility index (Phi) is 7.16. The van der Waals surface area contributed by atoms with Crippen molar-refractivity contribution in [3.8, 4) is 0 Å². The fourth-order valence-corrected chi connectivity index (χ4v) is 4.67. The van der Waals surface area contributed by atoms with Crippen molar-refractivity contribution < 1.29 is 9.59 Å². The van der Waals surface area contributed by atoms with Crippen LogP contribution in [-0.2, 0) is 10.3 Å². The van der Waals surface area contributed by atoms with Gasteiger partial charge in [-0.15, -0.1) is 0 Å². The van der Waals surface area contributed by atoms with Crippen LogP contribution in [0.2, 0.25) is 0 Å². The van der Waals surface area contributed by atoms with E-state index in [-0.39, 0.29) is 11.7 Å². The normalized spacial score (nSPS) is 16.3. The molecule has 34 heavy (non-hydrogen) atoms. The summed E-state index contributed by atoms with van der Waals surface area (Å²) in [6.45, 7) is 2.71. The predicted octanol–water partition coefficient (Wildman–Crippen LogP) is 4.80. The van der Waals surface area contributed by atoms with E-state index in [1.54, 1.807) is 47.9 Å². The highest BCUT2D eigenvalue weighted by Crippen LogP contribution is 2.45. The number of benzene rings is 1. The number of hydrogen-bond donors (Lipinski definition) is 0. The third-order valence-electron chi connectivity index (χ3n) is 6.43. The van der Waals surface area contributed by atoms with Gasteiger partial charge in [0.25, 0.3) is 5.91 Å². The van der Waals surface area contributed by atoms with Crippen molar-refractivity contribution in [1.29, 1.82) is 0 Å². The first kappa shape index (κ1) is 23.4. The van der Waals surface area contributed by atoms with Crippen LogP contribution in [0.15, 0.2) is 91.3 Å². The number of hydrogen-bond acceptors (Lipinski definition) is 5. The van der Waals surface area contributed by atoms with Crippen molar-refractivity contribution in [2.45, 2.75) is 38.1 Å². The molecule has 0 saturated carbocycles. The van der Waals surface area contributed by atoms with Gasteiger partial charge in [-0.1, -0.05) is 56.5 Å². The number of likely N-dealkylation sites (N-methyl/N-ethyl adjacent to an activating group) is 1. The summed E-state index contributed by atoms with van der Waals surface area (Å²) in [5.74, 6) is 0.397. The van der Waals surface area contributed by atoms with Crippen LogP contribution in [0.5, 0.6) is 0 Å².